The molecule has 0 saturated carbocycles. The Morgan fingerprint density at radius 3 is 2.47 bits per heavy atom. The van der Waals surface area contributed by atoms with Crippen molar-refractivity contribution in [2.24, 2.45) is 0 Å². The summed E-state index contributed by atoms with van der Waals surface area (Å²) in [6.45, 7) is 2.04. The van der Waals surface area contributed by atoms with E-state index >= 15 is 0 Å². The lowest BCUT2D eigenvalue weighted by molar-refractivity contribution is 1.04. The smallest absolute Gasteiger partial charge is 0.123 e. The van der Waals surface area contributed by atoms with Gasteiger partial charge >= 0.3 is 0 Å². The van der Waals surface area contributed by atoms with E-state index in [1.807, 2.05) is 25.1 Å². The predicted molar refractivity (Wildman–Crippen MR) is 73.5 cm³/mol. The molecule has 2 nitrogen and oxygen atoms in total. The van der Waals surface area contributed by atoms with Gasteiger partial charge in [0.25, 0.3) is 0 Å². The number of hydrogen-bond acceptors (Lipinski definition) is 2. The molecule has 17 heavy (non-hydrogen) atoms. The molecule has 0 fully saturated rings. The molecule has 2 N–H and O–H groups in total. The summed E-state index contributed by atoms with van der Waals surface area (Å²) >= 11 is 12.1. The molecule has 0 saturated heterocycles. The molecule has 1 aromatic carbocycles. The maximum Gasteiger partial charge on any atom is 0.123 e. The third-order valence-corrected chi connectivity index (χ3v) is 3.10. The van der Waals surface area contributed by atoms with Crippen molar-refractivity contribution < 1.29 is 0 Å². The number of aromatic nitrogens is 1. The fourth-order valence-electron chi connectivity index (χ4n) is 1.74. The van der Waals surface area contributed by atoms with Crippen molar-refractivity contribution in [1.82, 2.24) is 4.98 Å². The van der Waals surface area contributed by atoms with E-state index in [1.165, 1.54) is 0 Å². The summed E-state index contributed by atoms with van der Waals surface area (Å²) in [6.07, 6.45) is 0.805. The first kappa shape index (κ1) is 12.2. The fraction of sp³-hybridized carbons (Fsp3) is 0.154. The lowest BCUT2D eigenvalue weighted by Crippen LogP contribution is -1.97. The van der Waals surface area contributed by atoms with Gasteiger partial charge in [0, 0.05) is 21.2 Å². The zero-order valence-electron chi connectivity index (χ0n) is 9.37. The molecular weight excluding hydrogens is 255 g/mol. The maximum absolute atomic E-state index is 6.19. The zero-order chi connectivity index (χ0) is 12.4. The number of hydrogen-bond donors (Lipinski definition) is 1. The largest absolute Gasteiger partial charge is 0.384 e. The van der Waals surface area contributed by atoms with Crippen LogP contribution >= 0.6 is 23.2 Å². The van der Waals surface area contributed by atoms with Gasteiger partial charge in [0.05, 0.1) is 5.69 Å². The summed E-state index contributed by atoms with van der Waals surface area (Å²) in [6, 6.07) is 9.17. The molecule has 0 aliphatic heterocycles. The van der Waals surface area contributed by atoms with E-state index in [4.69, 9.17) is 28.9 Å². The van der Waals surface area contributed by atoms with Crippen LogP contribution in [0.1, 0.15) is 12.6 Å². The fourth-order valence-corrected chi connectivity index (χ4v) is 2.25. The molecule has 0 bridgehead atoms. The Bertz CT molecular complexity index is 553. The van der Waals surface area contributed by atoms with Gasteiger partial charge in [-0.1, -0.05) is 36.2 Å². The number of rotatable bonds is 2. The number of nitrogen functional groups attached to an aromatic ring is 1. The van der Waals surface area contributed by atoms with Gasteiger partial charge in [-0.25, -0.2) is 4.98 Å². The molecule has 2 rings (SSSR count). The second-order valence-electron chi connectivity index (χ2n) is 3.71. The van der Waals surface area contributed by atoms with Gasteiger partial charge in [0.15, 0.2) is 0 Å². The number of nitrogens with zero attached hydrogens (tertiary/aromatic N) is 1. The van der Waals surface area contributed by atoms with Gasteiger partial charge in [0.1, 0.15) is 5.82 Å². The van der Waals surface area contributed by atoms with Crippen LogP contribution in [0.2, 0.25) is 10.0 Å². The van der Waals surface area contributed by atoms with Gasteiger partial charge in [-0.3, -0.25) is 0 Å². The highest BCUT2D eigenvalue weighted by atomic mass is 35.5. The Balaban J connectivity index is 2.60. The van der Waals surface area contributed by atoms with Gasteiger partial charge in [0.2, 0.25) is 0 Å². The van der Waals surface area contributed by atoms with Gasteiger partial charge in [-0.15, -0.1) is 0 Å². The van der Waals surface area contributed by atoms with Crippen molar-refractivity contribution in [3.05, 3.63) is 46.1 Å². The Hall–Kier alpha value is -1.25. The second kappa shape index (κ2) is 4.94. The molecule has 0 spiro atoms. The summed E-state index contributed by atoms with van der Waals surface area (Å²) in [5.41, 5.74) is 8.55. The van der Waals surface area contributed by atoms with E-state index in [0.717, 1.165) is 23.2 Å². The standard InChI is InChI=1S/C13H12Cl2N2/c1-2-12-10(5-6-13(16)17-12)9-4-3-8(14)7-11(9)15/h3-7H,2H2,1H3,(H2,16,17). The van der Waals surface area contributed by atoms with E-state index in [1.54, 1.807) is 12.1 Å². The molecule has 1 aromatic heterocycles. The molecule has 2 aromatic rings. The molecule has 88 valence electrons. The van der Waals surface area contributed by atoms with Crippen LogP contribution in [-0.2, 0) is 6.42 Å². The normalized spacial score (nSPS) is 10.5. The molecule has 0 atom stereocenters. The van der Waals surface area contributed by atoms with Crippen molar-refractivity contribution in [3.63, 3.8) is 0 Å². The third kappa shape index (κ3) is 2.54. The number of halogens is 2. The second-order valence-corrected chi connectivity index (χ2v) is 4.55. The van der Waals surface area contributed by atoms with Crippen LogP contribution in [0.15, 0.2) is 30.3 Å². The van der Waals surface area contributed by atoms with Crippen LogP contribution in [-0.4, -0.2) is 4.98 Å². The van der Waals surface area contributed by atoms with E-state index < -0.39 is 0 Å². The van der Waals surface area contributed by atoms with E-state index in [9.17, 15) is 0 Å². The van der Waals surface area contributed by atoms with Crippen molar-refractivity contribution in [3.8, 4) is 11.1 Å². The van der Waals surface area contributed by atoms with Crippen molar-refractivity contribution in [2.75, 3.05) is 5.73 Å². The summed E-state index contributed by atoms with van der Waals surface area (Å²) in [7, 11) is 0. The number of pyridine rings is 1. The van der Waals surface area contributed by atoms with E-state index in [2.05, 4.69) is 4.98 Å². The van der Waals surface area contributed by atoms with Crippen molar-refractivity contribution in [2.45, 2.75) is 13.3 Å². The summed E-state index contributed by atoms with van der Waals surface area (Å²) in [4.78, 5) is 4.32. The molecule has 0 radical (unpaired) electrons. The highest BCUT2D eigenvalue weighted by Crippen LogP contribution is 2.32. The number of aryl methyl sites for hydroxylation is 1. The van der Waals surface area contributed by atoms with Crippen LogP contribution in [0.3, 0.4) is 0 Å². The average Bonchev–Trinajstić information content (AvgIpc) is 2.30. The van der Waals surface area contributed by atoms with E-state index in [-0.39, 0.29) is 0 Å². The Morgan fingerprint density at radius 2 is 1.82 bits per heavy atom. The molecule has 0 unspecified atom stereocenters. The summed E-state index contributed by atoms with van der Waals surface area (Å²) < 4.78 is 0. The minimum Gasteiger partial charge on any atom is -0.384 e. The maximum atomic E-state index is 6.19. The van der Waals surface area contributed by atoms with Crippen LogP contribution < -0.4 is 5.73 Å². The summed E-state index contributed by atoms with van der Waals surface area (Å²) in [5.74, 6) is 0.524. The average molecular weight is 267 g/mol. The highest BCUT2D eigenvalue weighted by molar-refractivity contribution is 6.36. The van der Waals surface area contributed by atoms with Gasteiger partial charge in [-0.05, 0) is 30.7 Å². The lowest BCUT2D eigenvalue weighted by Gasteiger charge is -2.10. The molecule has 0 aliphatic carbocycles. The first-order chi connectivity index (χ1) is 8.11. The van der Waals surface area contributed by atoms with Crippen LogP contribution in [0.25, 0.3) is 11.1 Å². The molecule has 0 amide bonds. The van der Waals surface area contributed by atoms with Crippen LogP contribution in [0.5, 0.6) is 0 Å². The van der Waals surface area contributed by atoms with E-state index in [0.29, 0.717) is 15.9 Å². The first-order valence-electron chi connectivity index (χ1n) is 5.32. The van der Waals surface area contributed by atoms with Crippen molar-refractivity contribution in [1.29, 1.82) is 0 Å². The molecular formula is C13H12Cl2N2. The third-order valence-electron chi connectivity index (χ3n) is 2.55. The quantitative estimate of drug-likeness (QED) is 0.885. The monoisotopic (exact) mass is 266 g/mol. The topological polar surface area (TPSA) is 38.9 Å². The van der Waals surface area contributed by atoms with Crippen LogP contribution in [0.4, 0.5) is 5.82 Å². The minimum atomic E-state index is 0.524. The Labute approximate surface area is 110 Å². The summed E-state index contributed by atoms with van der Waals surface area (Å²) in [5, 5.41) is 1.25. The zero-order valence-corrected chi connectivity index (χ0v) is 10.9. The molecule has 0 aliphatic rings. The predicted octanol–water partition coefficient (Wildman–Crippen LogP) is 4.20. The Kier molecular flexibility index (Phi) is 3.55. The van der Waals surface area contributed by atoms with Crippen LogP contribution in [0, 0.1) is 0 Å². The SMILES string of the molecule is CCc1nc(N)ccc1-c1ccc(Cl)cc1Cl. The van der Waals surface area contributed by atoms with Gasteiger partial charge in [-0.2, -0.15) is 0 Å². The minimum absolute atomic E-state index is 0.524. The highest BCUT2D eigenvalue weighted by Gasteiger charge is 2.09. The lowest BCUT2D eigenvalue weighted by atomic mass is 10.0. The molecule has 4 heteroatoms. The number of nitrogens with two attached hydrogens (primary N) is 1. The number of anilines is 1. The number of benzene rings is 1. The van der Waals surface area contributed by atoms with Gasteiger partial charge < -0.3 is 5.73 Å². The van der Waals surface area contributed by atoms with Crippen molar-refractivity contribution >= 4 is 29.0 Å². The Morgan fingerprint density at radius 1 is 1.12 bits per heavy atom. The first-order valence-corrected chi connectivity index (χ1v) is 6.08. The molecule has 1 heterocycles.